The Bertz CT molecular complexity index is 513. The molecule has 0 atom stereocenters. The number of anilines is 2. The van der Waals surface area contributed by atoms with Gasteiger partial charge < -0.3 is 16.2 Å². The minimum absolute atomic E-state index is 0.184. The van der Waals surface area contributed by atoms with Crippen LogP contribution in [0.1, 0.15) is 55.5 Å². The maximum absolute atomic E-state index is 11.2. The molecule has 0 unspecified atom stereocenters. The number of hydrogen-bond donors (Lipinski definition) is 3. The summed E-state index contributed by atoms with van der Waals surface area (Å²) in [6.07, 6.45) is 4.65. The van der Waals surface area contributed by atoms with Crippen molar-refractivity contribution in [2.45, 2.75) is 52.5 Å². The molecule has 1 aromatic rings. The summed E-state index contributed by atoms with van der Waals surface area (Å²) >= 11 is 0. The van der Waals surface area contributed by atoms with Crippen LogP contribution in [0.25, 0.3) is 0 Å². The average molecular weight is 276 g/mol. The smallest absolute Gasteiger partial charge is 0.337 e. The number of carbonyl (C=O) groups is 1. The Kier molecular flexibility index (Phi) is 3.93. The fourth-order valence-electron chi connectivity index (χ4n) is 2.84. The SMILES string of the molecule is Cc1cc(NC2CCC(C)(C)CC2)cc(C(=O)O)c1N. The number of aromatic carboxylic acids is 1. The highest BCUT2D eigenvalue weighted by atomic mass is 16.4. The lowest BCUT2D eigenvalue weighted by Crippen LogP contribution is -2.30. The highest BCUT2D eigenvalue weighted by Gasteiger charge is 2.26. The lowest BCUT2D eigenvalue weighted by Gasteiger charge is -2.35. The molecule has 0 aromatic heterocycles. The van der Waals surface area contributed by atoms with Crippen LogP contribution in [-0.2, 0) is 0 Å². The van der Waals surface area contributed by atoms with Gasteiger partial charge in [-0.3, -0.25) is 0 Å². The Morgan fingerprint density at radius 3 is 2.50 bits per heavy atom. The lowest BCUT2D eigenvalue weighted by atomic mass is 9.75. The molecule has 20 heavy (non-hydrogen) atoms. The van der Waals surface area contributed by atoms with Gasteiger partial charge in [0.05, 0.1) is 5.56 Å². The summed E-state index contributed by atoms with van der Waals surface area (Å²) in [6.45, 7) is 6.45. The molecule has 1 fully saturated rings. The van der Waals surface area contributed by atoms with Crippen molar-refractivity contribution in [3.05, 3.63) is 23.3 Å². The van der Waals surface area contributed by atoms with Crippen LogP contribution in [-0.4, -0.2) is 17.1 Å². The van der Waals surface area contributed by atoms with Crippen LogP contribution in [0.2, 0.25) is 0 Å². The van der Waals surface area contributed by atoms with E-state index in [1.54, 1.807) is 6.07 Å². The Morgan fingerprint density at radius 1 is 1.35 bits per heavy atom. The summed E-state index contributed by atoms with van der Waals surface area (Å²) in [5.74, 6) is -0.973. The van der Waals surface area contributed by atoms with Crippen LogP contribution in [0.3, 0.4) is 0 Å². The highest BCUT2D eigenvalue weighted by Crippen LogP contribution is 2.36. The molecule has 0 saturated heterocycles. The van der Waals surface area contributed by atoms with Gasteiger partial charge in [0.15, 0.2) is 0 Å². The van der Waals surface area contributed by atoms with Crippen molar-refractivity contribution in [3.8, 4) is 0 Å². The van der Waals surface area contributed by atoms with Crippen molar-refractivity contribution in [1.29, 1.82) is 0 Å². The number of carboxylic acid groups (broad SMARTS) is 1. The molecule has 1 saturated carbocycles. The van der Waals surface area contributed by atoms with Crippen LogP contribution in [0.5, 0.6) is 0 Å². The fraction of sp³-hybridized carbons (Fsp3) is 0.562. The quantitative estimate of drug-likeness (QED) is 0.736. The van der Waals surface area contributed by atoms with Crippen molar-refractivity contribution in [2.75, 3.05) is 11.1 Å². The second-order valence-electron chi connectivity index (χ2n) is 6.64. The summed E-state index contributed by atoms with van der Waals surface area (Å²) in [5, 5.41) is 12.6. The van der Waals surface area contributed by atoms with E-state index in [0.29, 0.717) is 17.1 Å². The number of carboxylic acids is 1. The molecule has 1 aliphatic carbocycles. The van der Waals surface area contributed by atoms with Gasteiger partial charge in [0.25, 0.3) is 0 Å². The van der Waals surface area contributed by atoms with Crippen molar-refractivity contribution in [1.82, 2.24) is 0 Å². The van der Waals surface area contributed by atoms with Crippen LogP contribution >= 0.6 is 0 Å². The van der Waals surface area contributed by atoms with Crippen LogP contribution in [0.15, 0.2) is 12.1 Å². The van der Waals surface area contributed by atoms with Gasteiger partial charge in [0.1, 0.15) is 0 Å². The zero-order valence-corrected chi connectivity index (χ0v) is 12.5. The molecule has 0 amide bonds. The third kappa shape index (κ3) is 3.24. The summed E-state index contributed by atoms with van der Waals surface area (Å²) in [4.78, 5) is 11.2. The number of nitrogens with one attached hydrogen (secondary N) is 1. The zero-order valence-electron chi connectivity index (χ0n) is 12.5. The first-order valence-corrected chi connectivity index (χ1v) is 7.18. The van der Waals surface area contributed by atoms with Crippen molar-refractivity contribution in [3.63, 3.8) is 0 Å². The van der Waals surface area contributed by atoms with Crippen molar-refractivity contribution >= 4 is 17.3 Å². The van der Waals surface area contributed by atoms with E-state index in [9.17, 15) is 9.90 Å². The minimum Gasteiger partial charge on any atom is -0.478 e. The molecule has 4 N–H and O–H groups in total. The Labute approximate surface area is 120 Å². The first-order chi connectivity index (χ1) is 9.28. The van der Waals surface area contributed by atoms with Crippen LogP contribution in [0, 0.1) is 12.3 Å². The fourth-order valence-corrected chi connectivity index (χ4v) is 2.84. The Hall–Kier alpha value is -1.71. The lowest BCUT2D eigenvalue weighted by molar-refractivity contribution is 0.0698. The predicted octanol–water partition coefficient (Wildman–Crippen LogP) is 3.66. The minimum atomic E-state index is -0.973. The topological polar surface area (TPSA) is 75.3 Å². The number of nitrogen functional groups attached to an aromatic ring is 1. The number of rotatable bonds is 3. The van der Waals surface area contributed by atoms with E-state index in [-0.39, 0.29) is 5.56 Å². The largest absolute Gasteiger partial charge is 0.478 e. The Balaban J connectivity index is 2.13. The molecule has 4 nitrogen and oxygen atoms in total. The highest BCUT2D eigenvalue weighted by molar-refractivity contribution is 5.95. The van der Waals surface area contributed by atoms with E-state index < -0.39 is 5.97 Å². The van der Waals surface area contributed by atoms with Crippen LogP contribution < -0.4 is 11.1 Å². The van der Waals surface area contributed by atoms with Gasteiger partial charge >= 0.3 is 5.97 Å². The molecule has 1 aliphatic rings. The van der Waals surface area contributed by atoms with Crippen molar-refractivity contribution < 1.29 is 9.90 Å². The van der Waals surface area contributed by atoms with Crippen molar-refractivity contribution in [2.24, 2.45) is 5.41 Å². The zero-order chi connectivity index (χ0) is 14.9. The van der Waals surface area contributed by atoms with Gasteiger partial charge in [0, 0.05) is 17.4 Å². The standard InChI is InChI=1S/C16H24N2O2/c1-10-8-12(9-13(14(10)17)15(19)20)18-11-4-6-16(2,3)7-5-11/h8-9,11,18H,4-7,17H2,1-3H3,(H,19,20). The van der Waals surface area contributed by atoms with Gasteiger partial charge in [-0.25, -0.2) is 4.79 Å². The molecular weight excluding hydrogens is 252 g/mol. The summed E-state index contributed by atoms with van der Waals surface area (Å²) < 4.78 is 0. The number of aryl methyl sites for hydroxylation is 1. The molecule has 0 radical (unpaired) electrons. The second kappa shape index (κ2) is 5.35. The monoisotopic (exact) mass is 276 g/mol. The molecule has 1 aromatic carbocycles. The van der Waals surface area contributed by atoms with Gasteiger partial charge in [-0.1, -0.05) is 13.8 Å². The first kappa shape index (κ1) is 14.7. The number of benzene rings is 1. The molecule has 4 heteroatoms. The summed E-state index contributed by atoms with van der Waals surface area (Å²) in [5.41, 5.74) is 8.45. The molecule has 110 valence electrons. The third-order valence-electron chi connectivity index (χ3n) is 4.33. The summed E-state index contributed by atoms with van der Waals surface area (Å²) in [6, 6.07) is 4.00. The molecule has 0 bridgehead atoms. The van der Waals surface area contributed by atoms with Gasteiger partial charge in [-0.15, -0.1) is 0 Å². The van der Waals surface area contributed by atoms with Crippen LogP contribution in [0.4, 0.5) is 11.4 Å². The number of nitrogens with two attached hydrogens (primary N) is 1. The van der Waals surface area contributed by atoms with E-state index >= 15 is 0 Å². The maximum Gasteiger partial charge on any atom is 0.337 e. The molecule has 0 aliphatic heterocycles. The molecule has 2 rings (SSSR count). The molecule has 0 heterocycles. The average Bonchev–Trinajstić information content (AvgIpc) is 2.36. The van der Waals surface area contributed by atoms with Gasteiger partial charge in [-0.2, -0.15) is 0 Å². The van der Waals surface area contributed by atoms with E-state index in [0.717, 1.165) is 24.1 Å². The van der Waals surface area contributed by atoms with E-state index in [2.05, 4.69) is 19.2 Å². The van der Waals surface area contributed by atoms with E-state index in [1.165, 1.54) is 12.8 Å². The summed E-state index contributed by atoms with van der Waals surface area (Å²) in [7, 11) is 0. The van der Waals surface area contributed by atoms with E-state index in [1.807, 2.05) is 13.0 Å². The number of hydrogen-bond acceptors (Lipinski definition) is 3. The predicted molar refractivity (Wildman–Crippen MR) is 82.2 cm³/mol. The van der Waals surface area contributed by atoms with E-state index in [4.69, 9.17) is 5.73 Å². The first-order valence-electron chi connectivity index (χ1n) is 7.18. The molecule has 0 spiro atoms. The van der Waals surface area contributed by atoms with Gasteiger partial charge in [0.2, 0.25) is 0 Å². The van der Waals surface area contributed by atoms with Gasteiger partial charge in [-0.05, 0) is 55.7 Å². The third-order valence-corrected chi connectivity index (χ3v) is 4.33. The normalized spacial score (nSPS) is 18.8. The molecular formula is C16H24N2O2. The Morgan fingerprint density at radius 2 is 1.95 bits per heavy atom. The second-order valence-corrected chi connectivity index (χ2v) is 6.64. The maximum atomic E-state index is 11.2.